The maximum Gasteiger partial charge on any atom is 0.267 e. The Labute approximate surface area is 150 Å². The molecule has 7 nitrogen and oxygen atoms in total. The number of nitrogens with two attached hydrogens (primary N) is 1. The minimum Gasteiger partial charge on any atom is -0.364 e. The number of hydrogen-bond donors (Lipinski definition) is 2. The topological polar surface area (TPSA) is 121 Å². The lowest BCUT2D eigenvalue weighted by Gasteiger charge is -2.26. The van der Waals surface area contributed by atoms with Gasteiger partial charge in [0.05, 0.1) is 41.7 Å². The zero-order valence-electron chi connectivity index (χ0n) is 14.3. The molecule has 2 heterocycles. The highest BCUT2D eigenvalue weighted by Crippen LogP contribution is 2.37. The molecule has 3 N–H and O–H groups in total. The first-order chi connectivity index (χ1) is 12.5. The van der Waals surface area contributed by atoms with Crippen molar-refractivity contribution in [2.24, 2.45) is 5.73 Å². The smallest absolute Gasteiger partial charge is 0.267 e. The second kappa shape index (κ2) is 6.58. The molecule has 0 radical (unpaired) electrons. The number of carbonyl (C=O) groups excluding carboxylic acids is 1. The third-order valence-electron chi connectivity index (χ3n) is 4.37. The minimum atomic E-state index is -0.586. The van der Waals surface area contributed by atoms with E-state index in [9.17, 15) is 15.3 Å². The molecule has 1 amide bonds. The molecular formula is C19H16N6O. The van der Waals surface area contributed by atoms with Gasteiger partial charge in [-0.15, -0.1) is 0 Å². The molecule has 26 heavy (non-hydrogen) atoms. The average molecular weight is 344 g/mol. The van der Waals surface area contributed by atoms with Crippen LogP contribution in [0.1, 0.15) is 35.8 Å². The monoisotopic (exact) mass is 344 g/mol. The number of carbonyl (C=O) groups is 1. The molecule has 2 aromatic rings. The van der Waals surface area contributed by atoms with Gasteiger partial charge in [-0.2, -0.15) is 10.5 Å². The summed E-state index contributed by atoms with van der Waals surface area (Å²) in [5, 5.41) is 22.3. The van der Waals surface area contributed by atoms with Crippen LogP contribution in [0.2, 0.25) is 0 Å². The van der Waals surface area contributed by atoms with Gasteiger partial charge in [0.2, 0.25) is 0 Å². The Bertz CT molecular complexity index is 1010. The summed E-state index contributed by atoms with van der Waals surface area (Å²) in [7, 11) is 0. The Hall–Kier alpha value is -3.84. The molecule has 0 bridgehead atoms. The van der Waals surface area contributed by atoms with Crippen molar-refractivity contribution >= 4 is 5.91 Å². The molecule has 7 heteroatoms. The number of nitriles is 2. The van der Waals surface area contributed by atoms with Crippen LogP contribution in [0.3, 0.4) is 0 Å². The van der Waals surface area contributed by atoms with E-state index in [4.69, 9.17) is 5.73 Å². The standard InChI is InChI=1S/C19H16N6O/c1-11-15(7-20)18(16(8-21)12(2)24-11)13-4-3-5-14(6-13)25-10-23-9-17(25)19(22)26/h3-6,9-10,18,24H,1-2H3,(H2,22,26). The van der Waals surface area contributed by atoms with Crippen LogP contribution in [0.15, 0.2) is 59.3 Å². The van der Waals surface area contributed by atoms with Crippen LogP contribution in [0.25, 0.3) is 5.69 Å². The van der Waals surface area contributed by atoms with Gasteiger partial charge in [-0.05, 0) is 31.5 Å². The molecule has 128 valence electrons. The number of dihydropyridines is 1. The summed E-state index contributed by atoms with van der Waals surface area (Å²) in [6.07, 6.45) is 2.90. The number of benzene rings is 1. The SMILES string of the molecule is CC1=C(C#N)C(c2cccc(-n3cncc3C(N)=O)c2)C(C#N)=C(C)N1. The number of primary amides is 1. The zero-order chi connectivity index (χ0) is 18.8. The van der Waals surface area contributed by atoms with Crippen molar-refractivity contribution in [3.05, 3.63) is 70.6 Å². The summed E-state index contributed by atoms with van der Waals surface area (Å²) in [6, 6.07) is 11.7. The molecule has 1 aromatic carbocycles. The van der Waals surface area contributed by atoms with Crippen LogP contribution in [-0.4, -0.2) is 15.5 Å². The largest absolute Gasteiger partial charge is 0.364 e. The van der Waals surface area contributed by atoms with E-state index in [0.29, 0.717) is 16.8 Å². The van der Waals surface area contributed by atoms with Gasteiger partial charge >= 0.3 is 0 Å². The average Bonchev–Trinajstić information content (AvgIpc) is 3.11. The predicted octanol–water partition coefficient (Wildman–Crippen LogP) is 2.25. The third kappa shape index (κ3) is 2.72. The lowest BCUT2D eigenvalue weighted by molar-refractivity contribution is 0.0994. The number of nitrogens with zero attached hydrogens (tertiary/aromatic N) is 4. The molecule has 0 saturated carbocycles. The molecule has 3 rings (SSSR count). The number of imidazole rings is 1. The van der Waals surface area contributed by atoms with Gasteiger partial charge in [-0.25, -0.2) is 4.98 Å². The molecule has 0 spiro atoms. The van der Waals surface area contributed by atoms with E-state index in [0.717, 1.165) is 17.0 Å². The van der Waals surface area contributed by atoms with Crippen molar-refractivity contribution < 1.29 is 4.79 Å². The quantitative estimate of drug-likeness (QED) is 0.884. The Morgan fingerprint density at radius 1 is 1.23 bits per heavy atom. The van der Waals surface area contributed by atoms with E-state index in [2.05, 4.69) is 22.4 Å². The first-order valence-corrected chi connectivity index (χ1v) is 7.89. The second-order valence-electron chi connectivity index (χ2n) is 5.97. The first kappa shape index (κ1) is 17.0. The maximum atomic E-state index is 11.6. The summed E-state index contributed by atoms with van der Waals surface area (Å²) in [5.41, 5.74) is 9.53. The summed E-state index contributed by atoms with van der Waals surface area (Å²) in [4.78, 5) is 15.6. The van der Waals surface area contributed by atoms with Gasteiger partial charge < -0.3 is 11.1 Å². The second-order valence-corrected chi connectivity index (χ2v) is 5.97. The van der Waals surface area contributed by atoms with E-state index in [1.165, 1.54) is 12.5 Å². The van der Waals surface area contributed by atoms with Gasteiger partial charge in [0.1, 0.15) is 5.69 Å². The van der Waals surface area contributed by atoms with Gasteiger partial charge in [-0.3, -0.25) is 9.36 Å². The van der Waals surface area contributed by atoms with Gasteiger partial charge in [0.15, 0.2) is 0 Å². The van der Waals surface area contributed by atoms with Crippen LogP contribution in [-0.2, 0) is 0 Å². The number of rotatable bonds is 3. The highest BCUT2D eigenvalue weighted by Gasteiger charge is 2.29. The number of nitrogens with one attached hydrogen (secondary N) is 1. The van der Waals surface area contributed by atoms with E-state index in [1.54, 1.807) is 4.57 Å². The van der Waals surface area contributed by atoms with Crippen molar-refractivity contribution in [2.75, 3.05) is 0 Å². The summed E-state index contributed by atoms with van der Waals surface area (Å²) >= 11 is 0. The zero-order valence-corrected chi connectivity index (χ0v) is 14.3. The number of amides is 1. The highest BCUT2D eigenvalue weighted by atomic mass is 16.1. The summed E-state index contributed by atoms with van der Waals surface area (Å²) in [5.74, 6) is -1.05. The van der Waals surface area contributed by atoms with E-state index < -0.39 is 11.8 Å². The predicted molar refractivity (Wildman–Crippen MR) is 94.6 cm³/mol. The Morgan fingerprint density at radius 3 is 2.46 bits per heavy atom. The van der Waals surface area contributed by atoms with Crippen LogP contribution >= 0.6 is 0 Å². The van der Waals surface area contributed by atoms with E-state index in [1.807, 2.05) is 38.1 Å². The fourth-order valence-electron chi connectivity index (χ4n) is 3.16. The number of hydrogen-bond acceptors (Lipinski definition) is 5. The Balaban J connectivity index is 2.17. The van der Waals surface area contributed by atoms with Gasteiger partial charge in [-0.1, -0.05) is 12.1 Å². The van der Waals surface area contributed by atoms with Gasteiger partial charge in [0, 0.05) is 17.1 Å². The maximum absolute atomic E-state index is 11.6. The van der Waals surface area contributed by atoms with Crippen LogP contribution < -0.4 is 11.1 Å². The fraction of sp³-hybridized carbons (Fsp3) is 0.158. The summed E-state index contributed by atoms with van der Waals surface area (Å²) in [6.45, 7) is 3.63. The molecule has 0 aliphatic carbocycles. The Kier molecular flexibility index (Phi) is 4.30. The minimum absolute atomic E-state index is 0.256. The normalized spacial score (nSPS) is 14.6. The van der Waals surface area contributed by atoms with Crippen LogP contribution in [0.5, 0.6) is 0 Å². The highest BCUT2D eigenvalue weighted by molar-refractivity contribution is 5.91. The molecule has 0 unspecified atom stereocenters. The molecule has 1 aliphatic rings. The Morgan fingerprint density at radius 2 is 1.88 bits per heavy atom. The molecule has 1 aliphatic heterocycles. The van der Waals surface area contributed by atoms with E-state index in [-0.39, 0.29) is 5.69 Å². The number of aromatic nitrogens is 2. The molecule has 0 atom stereocenters. The molecule has 0 fully saturated rings. The lowest BCUT2D eigenvalue weighted by atomic mass is 9.81. The van der Waals surface area contributed by atoms with E-state index >= 15 is 0 Å². The van der Waals surface area contributed by atoms with Crippen molar-refractivity contribution in [3.8, 4) is 17.8 Å². The molecular weight excluding hydrogens is 328 g/mol. The van der Waals surface area contributed by atoms with Crippen LogP contribution in [0, 0.1) is 22.7 Å². The van der Waals surface area contributed by atoms with Crippen molar-refractivity contribution in [1.82, 2.24) is 14.9 Å². The van der Waals surface area contributed by atoms with Gasteiger partial charge in [0.25, 0.3) is 5.91 Å². The molecule has 0 saturated heterocycles. The van der Waals surface area contributed by atoms with Crippen LogP contribution in [0.4, 0.5) is 0 Å². The van der Waals surface area contributed by atoms with Crippen molar-refractivity contribution in [3.63, 3.8) is 0 Å². The first-order valence-electron chi connectivity index (χ1n) is 7.89. The lowest BCUT2D eigenvalue weighted by Crippen LogP contribution is -2.23. The van der Waals surface area contributed by atoms with Crippen molar-refractivity contribution in [1.29, 1.82) is 10.5 Å². The summed E-state index contributed by atoms with van der Waals surface area (Å²) < 4.78 is 1.58. The van der Waals surface area contributed by atoms with Crippen molar-refractivity contribution in [2.45, 2.75) is 19.8 Å². The molecule has 1 aromatic heterocycles. The fourth-order valence-corrected chi connectivity index (χ4v) is 3.16. The number of allylic oxidation sites excluding steroid dienone is 4. The third-order valence-corrected chi connectivity index (χ3v) is 4.37.